The normalized spacial score (nSPS) is 17.8. The lowest BCUT2D eigenvalue weighted by molar-refractivity contribution is 0.393. The van der Waals surface area contributed by atoms with Crippen LogP contribution in [0.5, 0.6) is 0 Å². The largest absolute Gasteiger partial charge is 0.378 e. The van der Waals surface area contributed by atoms with Gasteiger partial charge in [-0.3, -0.25) is 0 Å². The highest BCUT2D eigenvalue weighted by Gasteiger charge is 2.02. The van der Waals surface area contributed by atoms with Gasteiger partial charge in [-0.15, -0.1) is 0 Å². The second-order valence-corrected chi connectivity index (χ2v) is 2.63. The minimum atomic E-state index is 1.23. The summed E-state index contributed by atoms with van der Waals surface area (Å²) in [6.45, 7) is 10.2. The van der Waals surface area contributed by atoms with Crippen LogP contribution in [0.4, 0.5) is 0 Å². The highest BCUT2D eigenvalue weighted by atomic mass is 15.1. The van der Waals surface area contributed by atoms with Gasteiger partial charge in [0.05, 0.1) is 0 Å². The number of rotatable bonds is 1. The van der Waals surface area contributed by atoms with Gasteiger partial charge in [0.15, 0.2) is 0 Å². The third kappa shape index (κ3) is 4.88. The molecule has 1 rings (SSSR count). The van der Waals surface area contributed by atoms with Crippen molar-refractivity contribution >= 4 is 0 Å². The van der Waals surface area contributed by atoms with Crippen molar-refractivity contribution < 1.29 is 0 Å². The molecular formula is C10H21N. The fraction of sp³-hybridized carbons (Fsp3) is 0.800. The molecule has 0 bridgehead atoms. The molecule has 1 heterocycles. The Morgan fingerprint density at radius 3 is 1.82 bits per heavy atom. The van der Waals surface area contributed by atoms with Gasteiger partial charge in [-0.25, -0.2) is 0 Å². The molecule has 0 atom stereocenters. The third-order valence-corrected chi connectivity index (χ3v) is 1.90. The molecule has 0 N–H and O–H groups in total. The van der Waals surface area contributed by atoms with Crippen LogP contribution in [-0.2, 0) is 0 Å². The SMILES string of the molecule is C=CN1CCCCCC1.CC. The van der Waals surface area contributed by atoms with Crippen molar-refractivity contribution in [3.05, 3.63) is 12.8 Å². The lowest BCUT2D eigenvalue weighted by Gasteiger charge is -2.15. The summed E-state index contributed by atoms with van der Waals surface area (Å²) >= 11 is 0. The molecule has 0 aromatic heterocycles. The van der Waals surface area contributed by atoms with E-state index in [0.29, 0.717) is 0 Å². The Kier molecular flexibility index (Phi) is 7.33. The van der Waals surface area contributed by atoms with E-state index in [1.54, 1.807) is 0 Å². The highest BCUT2D eigenvalue weighted by Crippen LogP contribution is 2.08. The van der Waals surface area contributed by atoms with Gasteiger partial charge in [0.2, 0.25) is 0 Å². The van der Waals surface area contributed by atoms with Gasteiger partial charge in [0.25, 0.3) is 0 Å². The summed E-state index contributed by atoms with van der Waals surface area (Å²) in [6, 6.07) is 0. The summed E-state index contributed by atoms with van der Waals surface area (Å²) in [4.78, 5) is 2.31. The third-order valence-electron chi connectivity index (χ3n) is 1.90. The molecule has 1 aliphatic rings. The Morgan fingerprint density at radius 2 is 1.45 bits per heavy atom. The minimum absolute atomic E-state index is 1.23. The van der Waals surface area contributed by atoms with Gasteiger partial charge >= 0.3 is 0 Å². The van der Waals surface area contributed by atoms with Crippen molar-refractivity contribution in [2.24, 2.45) is 0 Å². The molecule has 0 aromatic carbocycles. The Morgan fingerprint density at radius 1 is 1.00 bits per heavy atom. The van der Waals surface area contributed by atoms with Crippen LogP contribution >= 0.6 is 0 Å². The van der Waals surface area contributed by atoms with Crippen molar-refractivity contribution in [3.63, 3.8) is 0 Å². The Balaban J connectivity index is 0.000000461. The first kappa shape index (κ1) is 10.5. The Labute approximate surface area is 71.1 Å². The molecule has 0 aromatic rings. The van der Waals surface area contributed by atoms with Crippen molar-refractivity contribution in [3.8, 4) is 0 Å². The maximum absolute atomic E-state index is 3.75. The van der Waals surface area contributed by atoms with Crippen LogP contribution in [0.3, 0.4) is 0 Å². The van der Waals surface area contributed by atoms with E-state index in [9.17, 15) is 0 Å². The van der Waals surface area contributed by atoms with Gasteiger partial charge in [-0.2, -0.15) is 0 Å². The Bertz CT molecular complexity index is 80.9. The molecule has 1 heteroatoms. The topological polar surface area (TPSA) is 3.24 Å². The second-order valence-electron chi connectivity index (χ2n) is 2.63. The van der Waals surface area contributed by atoms with E-state index in [-0.39, 0.29) is 0 Å². The van der Waals surface area contributed by atoms with Crippen LogP contribution in [-0.4, -0.2) is 18.0 Å². The molecule has 0 unspecified atom stereocenters. The lowest BCUT2D eigenvalue weighted by Crippen LogP contribution is -2.16. The molecule has 11 heavy (non-hydrogen) atoms. The van der Waals surface area contributed by atoms with Gasteiger partial charge in [0, 0.05) is 13.1 Å². The van der Waals surface area contributed by atoms with Crippen LogP contribution in [0.25, 0.3) is 0 Å². The van der Waals surface area contributed by atoms with Gasteiger partial charge in [-0.05, 0) is 19.0 Å². The van der Waals surface area contributed by atoms with Crippen LogP contribution < -0.4 is 0 Å². The number of hydrogen-bond acceptors (Lipinski definition) is 1. The van der Waals surface area contributed by atoms with E-state index < -0.39 is 0 Å². The highest BCUT2D eigenvalue weighted by molar-refractivity contribution is 4.72. The predicted molar refractivity (Wildman–Crippen MR) is 51.6 cm³/mol. The van der Waals surface area contributed by atoms with E-state index in [2.05, 4.69) is 11.5 Å². The summed E-state index contributed by atoms with van der Waals surface area (Å²) in [5.74, 6) is 0. The molecule has 0 saturated carbocycles. The minimum Gasteiger partial charge on any atom is -0.378 e. The zero-order valence-electron chi connectivity index (χ0n) is 7.97. The van der Waals surface area contributed by atoms with Gasteiger partial charge < -0.3 is 4.90 Å². The van der Waals surface area contributed by atoms with Gasteiger partial charge in [-0.1, -0.05) is 33.3 Å². The summed E-state index contributed by atoms with van der Waals surface area (Å²) < 4.78 is 0. The van der Waals surface area contributed by atoms with Crippen molar-refractivity contribution in [1.29, 1.82) is 0 Å². The van der Waals surface area contributed by atoms with Crippen LogP contribution in [0, 0.1) is 0 Å². The summed E-state index contributed by atoms with van der Waals surface area (Å²) in [7, 11) is 0. The first-order chi connectivity index (χ1) is 5.43. The molecule has 66 valence electrons. The monoisotopic (exact) mass is 155 g/mol. The zero-order chi connectivity index (χ0) is 8.53. The second kappa shape index (κ2) is 7.64. The molecule has 0 radical (unpaired) electrons. The van der Waals surface area contributed by atoms with Crippen molar-refractivity contribution in [1.82, 2.24) is 4.90 Å². The number of nitrogens with zero attached hydrogens (tertiary/aromatic N) is 1. The average Bonchev–Trinajstić information content (AvgIpc) is 2.35. The molecule has 1 saturated heterocycles. The molecular weight excluding hydrogens is 134 g/mol. The van der Waals surface area contributed by atoms with E-state index in [1.807, 2.05) is 20.0 Å². The van der Waals surface area contributed by atoms with Gasteiger partial charge in [0.1, 0.15) is 0 Å². The summed E-state index contributed by atoms with van der Waals surface area (Å²) in [5.41, 5.74) is 0. The van der Waals surface area contributed by atoms with E-state index >= 15 is 0 Å². The molecule has 0 spiro atoms. The lowest BCUT2D eigenvalue weighted by atomic mass is 10.2. The van der Waals surface area contributed by atoms with Crippen LogP contribution in [0.2, 0.25) is 0 Å². The van der Waals surface area contributed by atoms with Crippen LogP contribution in [0.15, 0.2) is 12.8 Å². The zero-order valence-corrected chi connectivity index (χ0v) is 7.97. The smallest absolute Gasteiger partial charge is 0.0172 e. The number of likely N-dealkylation sites (tertiary alicyclic amines) is 1. The standard InChI is InChI=1S/C8H15N.C2H6/c1-2-9-7-5-3-4-6-8-9;1-2/h2H,1,3-8H2;1-2H3. The fourth-order valence-electron chi connectivity index (χ4n) is 1.28. The van der Waals surface area contributed by atoms with Crippen molar-refractivity contribution in [2.75, 3.05) is 13.1 Å². The number of hydrogen-bond donors (Lipinski definition) is 0. The molecule has 1 aliphatic heterocycles. The van der Waals surface area contributed by atoms with E-state index in [0.717, 1.165) is 0 Å². The molecule has 1 fully saturated rings. The maximum atomic E-state index is 3.75. The molecule has 1 nitrogen and oxygen atoms in total. The summed E-state index contributed by atoms with van der Waals surface area (Å²) in [5, 5.41) is 0. The fourth-order valence-corrected chi connectivity index (χ4v) is 1.28. The predicted octanol–water partition coefficient (Wildman–Crippen LogP) is 3.03. The van der Waals surface area contributed by atoms with Crippen LogP contribution in [0.1, 0.15) is 39.5 Å². The first-order valence-electron chi connectivity index (χ1n) is 4.80. The van der Waals surface area contributed by atoms with E-state index in [4.69, 9.17) is 0 Å². The maximum Gasteiger partial charge on any atom is 0.0172 e. The van der Waals surface area contributed by atoms with E-state index in [1.165, 1.54) is 38.8 Å². The quantitative estimate of drug-likeness (QED) is 0.562. The first-order valence-corrected chi connectivity index (χ1v) is 4.80. The Hall–Kier alpha value is -0.460. The molecule has 0 amide bonds. The van der Waals surface area contributed by atoms with Crippen molar-refractivity contribution in [2.45, 2.75) is 39.5 Å². The average molecular weight is 155 g/mol. The summed E-state index contributed by atoms with van der Waals surface area (Å²) in [6.07, 6.45) is 7.48. The molecule has 0 aliphatic carbocycles.